The van der Waals surface area contributed by atoms with Crippen LogP contribution >= 0.6 is 24.8 Å². The molecule has 76 valence electrons. The number of hydrogen-bond donors (Lipinski definition) is 1. The molecule has 0 fully saturated rings. The molecule has 2 N–H and O–H groups in total. The number of pyridine rings is 1. The number of nitrogen functional groups attached to an aromatic ring is 1. The summed E-state index contributed by atoms with van der Waals surface area (Å²) in [4.78, 5) is 3.98. The lowest BCUT2D eigenvalue weighted by Crippen LogP contribution is -1.87. The molecule has 0 unspecified atom stereocenters. The molecule has 1 aromatic carbocycles. The molecule has 5 heteroatoms. The molecule has 1 aromatic heterocycles. The zero-order valence-electron chi connectivity index (χ0n) is 7.11. The minimum atomic E-state index is -0.278. The fourth-order valence-corrected chi connectivity index (χ4v) is 1.11. The lowest BCUT2D eigenvalue weighted by Gasteiger charge is -1.97. The van der Waals surface area contributed by atoms with Crippen LogP contribution in [-0.4, -0.2) is 4.98 Å². The molecular formula is C9H9Cl2FN2. The lowest BCUT2D eigenvalue weighted by atomic mass is 10.2. The minimum absolute atomic E-state index is 0. The first-order chi connectivity index (χ1) is 5.75. The van der Waals surface area contributed by atoms with Crippen LogP contribution in [0.3, 0.4) is 0 Å². The molecule has 2 aromatic rings. The maximum absolute atomic E-state index is 12.7. The fourth-order valence-electron chi connectivity index (χ4n) is 1.11. The van der Waals surface area contributed by atoms with Crippen molar-refractivity contribution in [3.63, 3.8) is 0 Å². The Bertz CT molecular complexity index is 393. The van der Waals surface area contributed by atoms with E-state index < -0.39 is 0 Å². The highest BCUT2D eigenvalue weighted by Gasteiger charge is 1.96. The van der Waals surface area contributed by atoms with Gasteiger partial charge in [0.15, 0.2) is 0 Å². The number of fused-ring (bicyclic) bond motifs is 1. The van der Waals surface area contributed by atoms with Crippen molar-refractivity contribution in [3.05, 3.63) is 36.3 Å². The van der Waals surface area contributed by atoms with E-state index in [9.17, 15) is 4.39 Å². The van der Waals surface area contributed by atoms with Gasteiger partial charge in [-0.3, -0.25) is 4.98 Å². The van der Waals surface area contributed by atoms with Crippen molar-refractivity contribution in [2.24, 2.45) is 0 Å². The van der Waals surface area contributed by atoms with Gasteiger partial charge in [0.1, 0.15) is 5.82 Å². The van der Waals surface area contributed by atoms with E-state index in [0.29, 0.717) is 11.2 Å². The van der Waals surface area contributed by atoms with Crippen LogP contribution in [0.15, 0.2) is 30.5 Å². The maximum atomic E-state index is 12.7. The molecule has 0 aliphatic rings. The summed E-state index contributed by atoms with van der Waals surface area (Å²) in [6.45, 7) is 0. The Hall–Kier alpha value is -1.06. The highest BCUT2D eigenvalue weighted by atomic mass is 35.5. The number of nitrogens with two attached hydrogens (primary N) is 1. The topological polar surface area (TPSA) is 38.9 Å². The smallest absolute Gasteiger partial charge is 0.125 e. The number of halogens is 3. The van der Waals surface area contributed by atoms with Gasteiger partial charge in [0.2, 0.25) is 0 Å². The zero-order chi connectivity index (χ0) is 8.55. The molecule has 14 heavy (non-hydrogen) atoms. The van der Waals surface area contributed by atoms with Crippen LogP contribution in [0.1, 0.15) is 0 Å². The van der Waals surface area contributed by atoms with E-state index in [0.717, 1.165) is 5.39 Å². The van der Waals surface area contributed by atoms with Gasteiger partial charge in [-0.05, 0) is 18.2 Å². The van der Waals surface area contributed by atoms with Crippen molar-refractivity contribution >= 4 is 41.4 Å². The Morgan fingerprint density at radius 3 is 2.57 bits per heavy atom. The quantitative estimate of drug-likeness (QED) is 0.762. The Morgan fingerprint density at radius 1 is 1.14 bits per heavy atom. The van der Waals surface area contributed by atoms with Gasteiger partial charge in [0, 0.05) is 11.5 Å². The van der Waals surface area contributed by atoms with Gasteiger partial charge in [-0.25, -0.2) is 4.39 Å². The molecular weight excluding hydrogens is 226 g/mol. The third-order valence-corrected chi connectivity index (χ3v) is 1.67. The molecule has 1 heterocycles. The normalized spacial score (nSPS) is 8.93. The number of aromatic nitrogens is 1. The predicted octanol–water partition coefficient (Wildman–Crippen LogP) is 2.80. The van der Waals surface area contributed by atoms with E-state index in [1.54, 1.807) is 12.1 Å². The number of benzene rings is 1. The van der Waals surface area contributed by atoms with Crippen LogP contribution in [0.5, 0.6) is 0 Å². The van der Waals surface area contributed by atoms with Crippen molar-refractivity contribution < 1.29 is 4.39 Å². The summed E-state index contributed by atoms with van der Waals surface area (Å²) < 4.78 is 12.7. The first-order valence-electron chi connectivity index (χ1n) is 3.56. The van der Waals surface area contributed by atoms with Gasteiger partial charge in [-0.2, -0.15) is 0 Å². The lowest BCUT2D eigenvalue weighted by molar-refractivity contribution is 0.629. The molecule has 0 radical (unpaired) electrons. The van der Waals surface area contributed by atoms with Gasteiger partial charge in [-0.1, -0.05) is 0 Å². The van der Waals surface area contributed by atoms with Crippen LogP contribution in [0.4, 0.5) is 10.1 Å². The van der Waals surface area contributed by atoms with E-state index in [1.165, 1.54) is 18.3 Å². The standard InChI is InChI=1S/C9H7FN2.2ClH/c10-7-2-1-6-3-8(11)5-12-9(6)4-7;;/h1-5H,11H2;2*1H. The van der Waals surface area contributed by atoms with Crippen molar-refractivity contribution in [1.29, 1.82) is 0 Å². The average molecular weight is 235 g/mol. The number of nitrogens with zero attached hydrogens (tertiary/aromatic N) is 1. The van der Waals surface area contributed by atoms with Gasteiger partial charge in [-0.15, -0.1) is 24.8 Å². The molecule has 0 saturated carbocycles. The Balaban J connectivity index is 0.000000845. The fraction of sp³-hybridized carbons (Fsp3) is 0. The first kappa shape index (κ1) is 12.9. The van der Waals surface area contributed by atoms with Crippen LogP contribution < -0.4 is 5.73 Å². The largest absolute Gasteiger partial charge is 0.397 e. The molecule has 0 atom stereocenters. The molecule has 0 amide bonds. The van der Waals surface area contributed by atoms with E-state index in [1.807, 2.05) is 0 Å². The van der Waals surface area contributed by atoms with E-state index in [-0.39, 0.29) is 30.6 Å². The molecule has 0 spiro atoms. The Morgan fingerprint density at radius 2 is 1.86 bits per heavy atom. The Labute approximate surface area is 93.1 Å². The second-order valence-electron chi connectivity index (χ2n) is 2.61. The van der Waals surface area contributed by atoms with E-state index in [4.69, 9.17) is 5.73 Å². The molecule has 0 aliphatic carbocycles. The highest BCUT2D eigenvalue weighted by molar-refractivity contribution is 5.85. The first-order valence-corrected chi connectivity index (χ1v) is 3.56. The predicted molar refractivity (Wildman–Crippen MR) is 60.6 cm³/mol. The summed E-state index contributed by atoms with van der Waals surface area (Å²) in [7, 11) is 0. The van der Waals surface area contributed by atoms with E-state index >= 15 is 0 Å². The summed E-state index contributed by atoms with van der Waals surface area (Å²) in [6.07, 6.45) is 1.52. The summed E-state index contributed by atoms with van der Waals surface area (Å²) in [5, 5.41) is 0.858. The minimum Gasteiger partial charge on any atom is -0.397 e. The number of anilines is 1. The average Bonchev–Trinajstić information content (AvgIpc) is 2.05. The third kappa shape index (κ3) is 2.47. The SMILES string of the molecule is Cl.Cl.Nc1cnc2cc(F)ccc2c1. The summed E-state index contributed by atoms with van der Waals surface area (Å²) in [5.41, 5.74) is 6.73. The molecule has 0 saturated heterocycles. The van der Waals surface area contributed by atoms with Crippen LogP contribution in [0.25, 0.3) is 10.9 Å². The summed E-state index contributed by atoms with van der Waals surface area (Å²) in [6, 6.07) is 6.20. The van der Waals surface area contributed by atoms with Gasteiger partial charge >= 0.3 is 0 Å². The van der Waals surface area contributed by atoms with Gasteiger partial charge < -0.3 is 5.73 Å². The highest BCUT2D eigenvalue weighted by Crippen LogP contribution is 2.15. The van der Waals surface area contributed by atoms with Crippen molar-refractivity contribution in [1.82, 2.24) is 4.98 Å². The van der Waals surface area contributed by atoms with Crippen molar-refractivity contribution in [2.75, 3.05) is 5.73 Å². The van der Waals surface area contributed by atoms with Gasteiger partial charge in [0.25, 0.3) is 0 Å². The van der Waals surface area contributed by atoms with Gasteiger partial charge in [0.05, 0.1) is 17.4 Å². The van der Waals surface area contributed by atoms with Crippen molar-refractivity contribution in [2.45, 2.75) is 0 Å². The second kappa shape index (κ2) is 4.98. The Kier molecular flexibility index (Phi) is 4.60. The van der Waals surface area contributed by atoms with E-state index in [2.05, 4.69) is 4.98 Å². The van der Waals surface area contributed by atoms with Crippen LogP contribution in [-0.2, 0) is 0 Å². The monoisotopic (exact) mass is 234 g/mol. The maximum Gasteiger partial charge on any atom is 0.125 e. The molecule has 0 aliphatic heterocycles. The second-order valence-corrected chi connectivity index (χ2v) is 2.61. The zero-order valence-corrected chi connectivity index (χ0v) is 8.74. The van der Waals surface area contributed by atoms with Crippen molar-refractivity contribution in [3.8, 4) is 0 Å². The number of rotatable bonds is 0. The molecule has 2 nitrogen and oxygen atoms in total. The van der Waals surface area contributed by atoms with Crippen LogP contribution in [0, 0.1) is 5.82 Å². The molecule has 0 bridgehead atoms. The number of hydrogen-bond acceptors (Lipinski definition) is 2. The summed E-state index contributed by atoms with van der Waals surface area (Å²) >= 11 is 0. The third-order valence-electron chi connectivity index (χ3n) is 1.67. The summed E-state index contributed by atoms with van der Waals surface area (Å²) in [5.74, 6) is -0.278. The van der Waals surface area contributed by atoms with Crippen LogP contribution in [0.2, 0.25) is 0 Å². The molecule has 2 rings (SSSR count).